The Morgan fingerprint density at radius 3 is 2.79 bits per heavy atom. The molecule has 3 rings (SSSR count). The van der Waals surface area contributed by atoms with Crippen molar-refractivity contribution in [3.8, 4) is 0 Å². The lowest BCUT2D eigenvalue weighted by Crippen LogP contribution is -2.46. The predicted octanol–water partition coefficient (Wildman–Crippen LogP) is 1.57. The van der Waals surface area contributed by atoms with Crippen LogP contribution in [-0.4, -0.2) is 56.2 Å². The van der Waals surface area contributed by atoms with Gasteiger partial charge in [0.1, 0.15) is 12.3 Å². The molecule has 0 spiro atoms. The quantitative estimate of drug-likeness (QED) is 0.455. The molecule has 0 aliphatic carbocycles. The molecule has 0 aromatic carbocycles. The van der Waals surface area contributed by atoms with Gasteiger partial charge in [-0.1, -0.05) is 6.07 Å². The summed E-state index contributed by atoms with van der Waals surface area (Å²) in [6, 6.07) is 7.80. The second-order valence-corrected chi connectivity index (χ2v) is 7.37. The fraction of sp³-hybridized carbons (Fsp3) is 0.474. The third-order valence-electron chi connectivity index (χ3n) is 4.46. The number of amides is 1. The first kappa shape index (κ1) is 20.4. The summed E-state index contributed by atoms with van der Waals surface area (Å²) in [5.41, 5.74) is 5.22. The Bertz CT molecular complexity index is 768. The van der Waals surface area contributed by atoms with Gasteiger partial charge < -0.3 is 25.5 Å². The molecule has 0 saturated carbocycles. The maximum Gasteiger partial charge on any atom is 0.284 e. The van der Waals surface area contributed by atoms with Gasteiger partial charge in [0.05, 0.1) is 19.3 Å². The van der Waals surface area contributed by atoms with E-state index in [0.717, 1.165) is 39.4 Å². The fourth-order valence-electron chi connectivity index (χ4n) is 3.07. The van der Waals surface area contributed by atoms with Crippen LogP contribution in [0.1, 0.15) is 34.2 Å². The molecule has 0 radical (unpaired) electrons. The Morgan fingerprint density at radius 1 is 1.32 bits per heavy atom. The number of rotatable bonds is 8. The average molecular weight is 406 g/mol. The van der Waals surface area contributed by atoms with Gasteiger partial charge in [-0.15, -0.1) is 11.3 Å². The fourth-order valence-corrected chi connectivity index (χ4v) is 3.93. The molecule has 3 heterocycles. The Labute approximate surface area is 168 Å². The van der Waals surface area contributed by atoms with Gasteiger partial charge in [-0.05, 0) is 30.5 Å². The summed E-state index contributed by atoms with van der Waals surface area (Å²) < 4.78 is 10.9. The van der Waals surface area contributed by atoms with E-state index in [4.69, 9.17) is 14.9 Å². The summed E-state index contributed by atoms with van der Waals surface area (Å²) in [7, 11) is 0. The van der Waals surface area contributed by atoms with Crippen molar-refractivity contribution >= 4 is 23.2 Å². The molecule has 1 aliphatic rings. The standard InChI is InChI=1S/C19H27N5O3S/c1-2-21-19(22-12-14-5-6-16(27-14)18(20)25)23-13-15(17-4-3-11-28-17)24-7-9-26-10-8-24/h3-6,11,15H,2,7-10,12-13H2,1H3,(H2,20,25)(H2,21,22,23). The smallest absolute Gasteiger partial charge is 0.284 e. The van der Waals surface area contributed by atoms with Gasteiger partial charge in [0.25, 0.3) is 5.91 Å². The number of nitrogens with zero attached hydrogens (tertiary/aromatic N) is 2. The van der Waals surface area contributed by atoms with Crippen LogP contribution in [0.3, 0.4) is 0 Å². The molecular weight excluding hydrogens is 378 g/mol. The normalized spacial score (nSPS) is 16.7. The minimum absolute atomic E-state index is 0.147. The third-order valence-corrected chi connectivity index (χ3v) is 5.44. The highest BCUT2D eigenvalue weighted by Crippen LogP contribution is 2.25. The molecule has 1 amide bonds. The van der Waals surface area contributed by atoms with Gasteiger partial charge in [-0.2, -0.15) is 0 Å². The Morgan fingerprint density at radius 2 is 2.14 bits per heavy atom. The van der Waals surface area contributed by atoms with Crippen molar-refractivity contribution < 1.29 is 13.9 Å². The van der Waals surface area contributed by atoms with Gasteiger partial charge >= 0.3 is 0 Å². The largest absolute Gasteiger partial charge is 0.454 e. The van der Waals surface area contributed by atoms with Crippen molar-refractivity contribution in [3.63, 3.8) is 0 Å². The summed E-state index contributed by atoms with van der Waals surface area (Å²) in [4.78, 5) is 19.5. The van der Waals surface area contributed by atoms with Crippen LogP contribution in [-0.2, 0) is 11.3 Å². The van der Waals surface area contributed by atoms with Crippen LogP contribution in [0.15, 0.2) is 39.1 Å². The molecule has 8 nitrogen and oxygen atoms in total. The lowest BCUT2D eigenvalue weighted by atomic mass is 10.2. The van der Waals surface area contributed by atoms with Crippen molar-refractivity contribution in [3.05, 3.63) is 46.0 Å². The summed E-state index contributed by atoms with van der Waals surface area (Å²) in [6.07, 6.45) is 0. The number of thiophene rings is 1. The molecule has 2 aromatic heterocycles. The molecule has 1 aliphatic heterocycles. The van der Waals surface area contributed by atoms with E-state index in [2.05, 4.69) is 38.0 Å². The van der Waals surface area contributed by atoms with Crippen molar-refractivity contribution in [1.82, 2.24) is 15.5 Å². The van der Waals surface area contributed by atoms with E-state index in [1.54, 1.807) is 23.5 Å². The van der Waals surface area contributed by atoms with E-state index in [9.17, 15) is 4.79 Å². The molecule has 2 aromatic rings. The van der Waals surface area contributed by atoms with E-state index in [1.807, 2.05) is 6.92 Å². The van der Waals surface area contributed by atoms with Crippen LogP contribution in [0.25, 0.3) is 0 Å². The van der Waals surface area contributed by atoms with Crippen molar-refractivity contribution in [2.24, 2.45) is 10.7 Å². The highest BCUT2D eigenvalue weighted by atomic mass is 32.1. The number of nitrogens with one attached hydrogen (secondary N) is 2. The van der Waals surface area contributed by atoms with E-state index >= 15 is 0 Å². The zero-order chi connectivity index (χ0) is 19.8. The number of hydrogen-bond donors (Lipinski definition) is 3. The molecule has 152 valence electrons. The second kappa shape index (κ2) is 10.3. The SMILES string of the molecule is CCNC(=NCc1ccc(C(N)=O)o1)NCC(c1cccs1)N1CCOCC1. The van der Waals surface area contributed by atoms with Gasteiger partial charge in [0, 0.05) is 31.1 Å². The number of carbonyl (C=O) groups is 1. The van der Waals surface area contributed by atoms with Crippen LogP contribution in [0, 0.1) is 0 Å². The van der Waals surface area contributed by atoms with Crippen LogP contribution in [0.5, 0.6) is 0 Å². The van der Waals surface area contributed by atoms with E-state index < -0.39 is 5.91 Å². The summed E-state index contributed by atoms with van der Waals surface area (Å²) >= 11 is 1.76. The Balaban J connectivity index is 1.64. The number of guanidine groups is 1. The highest BCUT2D eigenvalue weighted by Gasteiger charge is 2.23. The second-order valence-electron chi connectivity index (χ2n) is 6.39. The number of aliphatic imine (C=N–C) groups is 1. The molecule has 0 bridgehead atoms. The number of morpholine rings is 1. The minimum Gasteiger partial charge on any atom is -0.454 e. The number of hydrogen-bond acceptors (Lipinski definition) is 6. The van der Waals surface area contributed by atoms with Gasteiger partial charge in [-0.25, -0.2) is 4.99 Å². The topological polar surface area (TPSA) is 105 Å². The monoisotopic (exact) mass is 405 g/mol. The van der Waals surface area contributed by atoms with Crippen molar-refractivity contribution in [2.45, 2.75) is 19.5 Å². The van der Waals surface area contributed by atoms with Crippen molar-refractivity contribution in [2.75, 3.05) is 39.4 Å². The van der Waals surface area contributed by atoms with E-state index in [0.29, 0.717) is 18.3 Å². The molecular formula is C19H27N5O3S. The molecule has 1 unspecified atom stereocenters. The first-order chi connectivity index (χ1) is 13.7. The summed E-state index contributed by atoms with van der Waals surface area (Å²) in [6.45, 7) is 7.18. The Kier molecular flexibility index (Phi) is 7.46. The number of nitrogens with two attached hydrogens (primary N) is 1. The molecule has 1 atom stereocenters. The lowest BCUT2D eigenvalue weighted by Gasteiger charge is -2.34. The third kappa shape index (κ3) is 5.57. The zero-order valence-corrected chi connectivity index (χ0v) is 16.8. The number of primary amides is 1. The molecule has 9 heteroatoms. The Hall–Kier alpha value is -2.36. The van der Waals surface area contributed by atoms with Crippen molar-refractivity contribution in [1.29, 1.82) is 0 Å². The molecule has 1 saturated heterocycles. The lowest BCUT2D eigenvalue weighted by molar-refractivity contribution is 0.0177. The first-order valence-electron chi connectivity index (χ1n) is 9.43. The van der Waals surface area contributed by atoms with Crippen LogP contribution in [0.2, 0.25) is 0 Å². The van der Waals surface area contributed by atoms with E-state index in [-0.39, 0.29) is 11.8 Å². The van der Waals surface area contributed by atoms with Gasteiger partial charge in [0.2, 0.25) is 0 Å². The summed E-state index contributed by atoms with van der Waals surface area (Å²) in [5, 5.41) is 8.79. The maximum absolute atomic E-state index is 11.2. The van der Waals surface area contributed by atoms with Crippen LogP contribution >= 0.6 is 11.3 Å². The number of ether oxygens (including phenoxy) is 1. The van der Waals surface area contributed by atoms with Crippen LogP contribution < -0.4 is 16.4 Å². The molecule has 1 fully saturated rings. The highest BCUT2D eigenvalue weighted by molar-refractivity contribution is 7.10. The minimum atomic E-state index is -0.579. The first-order valence-corrected chi connectivity index (χ1v) is 10.3. The molecule has 28 heavy (non-hydrogen) atoms. The maximum atomic E-state index is 11.2. The van der Waals surface area contributed by atoms with Gasteiger partial charge in [-0.3, -0.25) is 9.69 Å². The van der Waals surface area contributed by atoms with Gasteiger partial charge in [0.15, 0.2) is 11.7 Å². The molecule has 4 N–H and O–H groups in total. The number of furan rings is 1. The average Bonchev–Trinajstić information content (AvgIpc) is 3.39. The predicted molar refractivity (Wildman–Crippen MR) is 109 cm³/mol. The summed E-state index contributed by atoms with van der Waals surface area (Å²) in [5.74, 6) is 0.862. The zero-order valence-electron chi connectivity index (χ0n) is 16.0. The van der Waals surface area contributed by atoms with Crippen LogP contribution in [0.4, 0.5) is 0 Å². The van der Waals surface area contributed by atoms with E-state index in [1.165, 1.54) is 4.88 Å². The number of carbonyl (C=O) groups excluding carboxylic acids is 1.